The monoisotopic (exact) mass is 82.1 g/mol. The van der Waals surface area contributed by atoms with Gasteiger partial charge in [0.15, 0.2) is 0 Å². The molecule has 0 spiro atoms. The average Bonchev–Trinajstić information content (AvgIpc) is 1.61. The molecule has 0 bridgehead atoms. The van der Waals surface area contributed by atoms with Crippen LogP contribution >= 0.6 is 0 Å². The summed E-state index contributed by atoms with van der Waals surface area (Å²) in [5, 5.41) is 2.90. The van der Waals surface area contributed by atoms with Gasteiger partial charge < -0.3 is 5.32 Å². The number of hydrogen-bond donors (Lipinski definition) is 1. The van der Waals surface area contributed by atoms with Gasteiger partial charge in [-0.25, -0.2) is 0 Å². The van der Waals surface area contributed by atoms with Crippen LogP contribution in [0.5, 0.6) is 0 Å². The molecule has 0 fully saturated rings. The summed E-state index contributed by atoms with van der Waals surface area (Å²) in [6.45, 7) is 3.50. The van der Waals surface area contributed by atoms with Gasteiger partial charge in [-0.1, -0.05) is 12.8 Å². The van der Waals surface area contributed by atoms with Gasteiger partial charge in [-0.3, -0.25) is 0 Å². The van der Waals surface area contributed by atoms with Crippen LogP contribution in [0.1, 0.15) is 6.92 Å². The van der Waals surface area contributed by atoms with E-state index < -0.39 is 0 Å². The van der Waals surface area contributed by atoms with Crippen molar-refractivity contribution in [3.63, 3.8) is 0 Å². The van der Waals surface area contributed by atoms with Crippen molar-refractivity contribution in [1.82, 2.24) is 5.32 Å². The first-order chi connectivity index (χ1) is 2.91. The third kappa shape index (κ3) is 3.52. The van der Waals surface area contributed by atoms with Crippen molar-refractivity contribution in [3.05, 3.63) is 6.42 Å². The lowest BCUT2D eigenvalue weighted by atomic mass is 10.6. The molecule has 0 heterocycles. The Bertz CT molecular complexity index is 51.4. The van der Waals surface area contributed by atoms with Crippen molar-refractivity contribution in [3.8, 4) is 5.92 Å². The van der Waals surface area contributed by atoms with Gasteiger partial charge in [-0.2, -0.15) is 0 Å². The minimum Gasteiger partial charge on any atom is -0.306 e. The molecule has 1 radical (unpaired) electrons. The third-order valence-electron chi connectivity index (χ3n) is 0.463. The van der Waals surface area contributed by atoms with Gasteiger partial charge in [0.05, 0.1) is 6.54 Å². The van der Waals surface area contributed by atoms with E-state index in [1.807, 2.05) is 6.92 Å². The Kier molecular flexibility index (Phi) is 4.16. The summed E-state index contributed by atoms with van der Waals surface area (Å²) in [6, 6.07) is 0. The SMILES string of the molecule is [C]#CCNCC. The summed E-state index contributed by atoms with van der Waals surface area (Å²) in [4.78, 5) is 0. The van der Waals surface area contributed by atoms with Crippen LogP contribution in [-0.4, -0.2) is 13.1 Å². The summed E-state index contributed by atoms with van der Waals surface area (Å²) >= 11 is 0. The minimum atomic E-state index is 0.580. The van der Waals surface area contributed by atoms with Crippen molar-refractivity contribution in [2.24, 2.45) is 0 Å². The predicted octanol–water partition coefficient (Wildman–Crippen LogP) is 0.186. The van der Waals surface area contributed by atoms with E-state index >= 15 is 0 Å². The van der Waals surface area contributed by atoms with Crippen LogP contribution in [0, 0.1) is 12.3 Å². The first-order valence-corrected chi connectivity index (χ1v) is 2.02. The Morgan fingerprint density at radius 1 is 1.83 bits per heavy atom. The summed E-state index contributed by atoms with van der Waals surface area (Å²) in [5.74, 6) is 2.21. The predicted molar refractivity (Wildman–Crippen MR) is 25.7 cm³/mol. The molecular weight excluding hydrogens is 74.1 g/mol. The second-order valence-corrected chi connectivity index (χ2v) is 0.957. The average molecular weight is 82.1 g/mol. The number of nitrogens with one attached hydrogen (secondary N) is 1. The fourth-order valence-corrected chi connectivity index (χ4v) is 0.187. The zero-order valence-corrected chi connectivity index (χ0v) is 3.91. The van der Waals surface area contributed by atoms with Gasteiger partial charge >= 0.3 is 0 Å². The zero-order valence-electron chi connectivity index (χ0n) is 3.91. The maximum Gasteiger partial charge on any atom is 0.0586 e. The molecule has 1 heteroatoms. The lowest BCUT2D eigenvalue weighted by molar-refractivity contribution is 0.811. The van der Waals surface area contributed by atoms with Crippen molar-refractivity contribution in [2.75, 3.05) is 13.1 Å². The lowest BCUT2D eigenvalue weighted by Crippen LogP contribution is -2.11. The van der Waals surface area contributed by atoms with Crippen LogP contribution in [0.2, 0.25) is 0 Å². The lowest BCUT2D eigenvalue weighted by Gasteiger charge is -1.85. The highest BCUT2D eigenvalue weighted by Crippen LogP contribution is 1.49. The van der Waals surface area contributed by atoms with E-state index in [9.17, 15) is 0 Å². The maximum absolute atomic E-state index is 6.39. The molecule has 0 aliphatic carbocycles. The van der Waals surface area contributed by atoms with Gasteiger partial charge in [-0.15, -0.1) is 0 Å². The van der Waals surface area contributed by atoms with E-state index in [4.69, 9.17) is 6.42 Å². The van der Waals surface area contributed by atoms with Crippen molar-refractivity contribution in [2.45, 2.75) is 6.92 Å². The van der Waals surface area contributed by atoms with Crippen LogP contribution in [0.25, 0.3) is 0 Å². The summed E-state index contributed by atoms with van der Waals surface area (Å²) in [6.07, 6.45) is 6.39. The summed E-state index contributed by atoms with van der Waals surface area (Å²) in [7, 11) is 0. The maximum atomic E-state index is 6.39. The van der Waals surface area contributed by atoms with Gasteiger partial charge in [0.2, 0.25) is 0 Å². The smallest absolute Gasteiger partial charge is 0.0586 e. The molecule has 0 unspecified atom stereocenters. The molecule has 0 aliphatic heterocycles. The quantitative estimate of drug-likeness (QED) is 0.370. The minimum absolute atomic E-state index is 0.580. The second-order valence-electron chi connectivity index (χ2n) is 0.957. The molecular formula is C5H8N. The van der Waals surface area contributed by atoms with Gasteiger partial charge in [-0.05, 0) is 13.0 Å². The highest BCUT2D eigenvalue weighted by atomic mass is 14.8. The van der Waals surface area contributed by atoms with Crippen LogP contribution in [0.15, 0.2) is 0 Å². The highest BCUT2D eigenvalue weighted by molar-refractivity contribution is 4.77. The van der Waals surface area contributed by atoms with Gasteiger partial charge in [0, 0.05) is 0 Å². The molecule has 33 valence electrons. The third-order valence-corrected chi connectivity index (χ3v) is 0.463. The number of rotatable bonds is 2. The van der Waals surface area contributed by atoms with Crippen molar-refractivity contribution >= 4 is 0 Å². The normalized spacial score (nSPS) is 7.33. The largest absolute Gasteiger partial charge is 0.306 e. The molecule has 0 saturated carbocycles. The Morgan fingerprint density at radius 2 is 2.50 bits per heavy atom. The second kappa shape index (κ2) is 4.52. The molecule has 0 aliphatic rings. The Balaban J connectivity index is 2.54. The topological polar surface area (TPSA) is 12.0 Å². The Morgan fingerprint density at radius 3 is 2.67 bits per heavy atom. The van der Waals surface area contributed by atoms with Crippen molar-refractivity contribution in [1.29, 1.82) is 0 Å². The van der Waals surface area contributed by atoms with E-state index in [-0.39, 0.29) is 0 Å². The first-order valence-electron chi connectivity index (χ1n) is 2.02. The first kappa shape index (κ1) is 5.52. The molecule has 1 N–H and O–H groups in total. The van der Waals surface area contributed by atoms with E-state index in [0.717, 1.165) is 6.54 Å². The van der Waals surface area contributed by atoms with Crippen LogP contribution in [0.3, 0.4) is 0 Å². The van der Waals surface area contributed by atoms with Gasteiger partial charge in [0.1, 0.15) is 0 Å². The van der Waals surface area contributed by atoms with Crippen LogP contribution in [-0.2, 0) is 0 Å². The highest BCUT2D eigenvalue weighted by Gasteiger charge is 1.67. The molecule has 1 nitrogen and oxygen atoms in total. The van der Waals surface area contributed by atoms with Crippen molar-refractivity contribution < 1.29 is 0 Å². The molecule has 0 aromatic heterocycles. The van der Waals surface area contributed by atoms with Gasteiger partial charge in [0.25, 0.3) is 0 Å². The molecule has 0 saturated heterocycles. The standard InChI is InChI=1S/C5H8N/c1-3-5-6-4-2/h6H,4-5H2,2H3. The molecule has 0 atom stereocenters. The molecule has 6 heavy (non-hydrogen) atoms. The molecule has 0 amide bonds. The molecule has 0 aromatic carbocycles. The molecule has 0 aromatic rings. The van der Waals surface area contributed by atoms with E-state index in [2.05, 4.69) is 11.2 Å². The molecule has 0 rings (SSSR count). The Labute approximate surface area is 38.7 Å². The van der Waals surface area contributed by atoms with E-state index in [1.54, 1.807) is 0 Å². The van der Waals surface area contributed by atoms with Crippen LogP contribution < -0.4 is 5.32 Å². The Hall–Kier alpha value is -0.480. The zero-order chi connectivity index (χ0) is 4.83. The van der Waals surface area contributed by atoms with Crippen LogP contribution in [0.4, 0.5) is 0 Å². The summed E-state index contributed by atoms with van der Waals surface area (Å²) < 4.78 is 0. The van der Waals surface area contributed by atoms with E-state index in [0.29, 0.717) is 6.54 Å². The fraction of sp³-hybridized carbons (Fsp3) is 0.600. The van der Waals surface area contributed by atoms with E-state index in [1.165, 1.54) is 0 Å². The fourth-order valence-electron chi connectivity index (χ4n) is 0.187. The number of hydrogen-bond acceptors (Lipinski definition) is 1. The summed E-state index contributed by atoms with van der Waals surface area (Å²) in [5.41, 5.74) is 0.